The normalized spacial score (nSPS) is 15.5. The molecule has 0 nitrogen and oxygen atoms in total. The molecule has 0 saturated carbocycles. The van der Waals surface area contributed by atoms with E-state index in [-0.39, 0.29) is 16.7 Å². The molecule has 0 aromatic heterocycles. The third kappa shape index (κ3) is 6.19. The van der Waals surface area contributed by atoms with Crippen molar-refractivity contribution in [1.29, 1.82) is 0 Å². The maximum absolute atomic E-state index is 14.0. The quantitative estimate of drug-likeness (QED) is 0.194. The number of hydrogen-bond donors (Lipinski definition) is 0. The second-order valence-corrected chi connectivity index (χ2v) is 14.8. The minimum absolute atomic E-state index is 0.133. The van der Waals surface area contributed by atoms with E-state index in [0.29, 0.717) is 17.5 Å². The van der Waals surface area contributed by atoms with E-state index in [1.54, 1.807) is 12.1 Å². The third-order valence-corrected chi connectivity index (χ3v) is 9.51. The fourth-order valence-corrected chi connectivity index (χ4v) is 7.02. The highest BCUT2D eigenvalue weighted by Crippen LogP contribution is 2.54. The fourth-order valence-electron chi connectivity index (χ4n) is 7.02. The summed E-state index contributed by atoms with van der Waals surface area (Å²) in [5, 5.41) is 0. The van der Waals surface area contributed by atoms with Crippen molar-refractivity contribution in [2.75, 3.05) is 0 Å². The van der Waals surface area contributed by atoms with Crippen molar-refractivity contribution in [2.24, 2.45) is 0 Å². The van der Waals surface area contributed by atoms with E-state index < -0.39 is 29.4 Å². The number of rotatable bonds is 4. The predicted octanol–water partition coefficient (Wildman–Crippen LogP) is 12.5. The van der Waals surface area contributed by atoms with E-state index in [9.17, 15) is 26.3 Å². The van der Waals surface area contributed by atoms with Crippen molar-refractivity contribution in [3.8, 4) is 11.1 Å². The molecule has 244 valence electrons. The standard InChI is InChI=1S/C41H38F6/c1-38(2,3)26-16-18-30-31-19-17-27(39(4,5)6)23-35(31)37(34(30)22-26)33-15-9-14-32(33)36(24-10-7-12-28(20-24)40(42,43)44)25-11-8-13-29(21-25)41(45,46)47/h7-13,15-23,36-37H,14H2,1-6H3. The van der Waals surface area contributed by atoms with Crippen molar-refractivity contribution in [1.82, 2.24) is 0 Å². The topological polar surface area (TPSA) is 0 Å². The van der Waals surface area contributed by atoms with E-state index >= 15 is 0 Å². The number of halogens is 6. The lowest BCUT2D eigenvalue weighted by atomic mass is 9.76. The van der Waals surface area contributed by atoms with Gasteiger partial charge in [-0.05, 0) is 79.5 Å². The van der Waals surface area contributed by atoms with Crippen LogP contribution in [0.5, 0.6) is 0 Å². The van der Waals surface area contributed by atoms with Crippen molar-refractivity contribution in [2.45, 2.75) is 83.0 Å². The summed E-state index contributed by atoms with van der Waals surface area (Å²) in [6.07, 6.45) is -4.78. The van der Waals surface area contributed by atoms with E-state index in [1.165, 1.54) is 12.1 Å². The van der Waals surface area contributed by atoms with Gasteiger partial charge in [0.15, 0.2) is 0 Å². The lowest BCUT2D eigenvalue weighted by molar-refractivity contribution is -0.138. The molecule has 4 aromatic carbocycles. The summed E-state index contributed by atoms with van der Waals surface area (Å²) >= 11 is 0. The zero-order chi connectivity index (χ0) is 34.1. The van der Waals surface area contributed by atoms with Gasteiger partial charge < -0.3 is 0 Å². The molecular weight excluding hydrogens is 606 g/mol. The summed E-state index contributed by atoms with van der Waals surface area (Å²) in [5.41, 5.74) is 7.11. The second kappa shape index (κ2) is 11.3. The van der Waals surface area contributed by atoms with Gasteiger partial charge in [-0.15, -0.1) is 0 Å². The minimum Gasteiger partial charge on any atom is -0.166 e. The van der Waals surface area contributed by atoms with Gasteiger partial charge in [0.1, 0.15) is 0 Å². The average Bonchev–Trinajstić information content (AvgIpc) is 3.57. The van der Waals surface area contributed by atoms with Crippen molar-refractivity contribution < 1.29 is 26.3 Å². The Morgan fingerprint density at radius 2 is 1.00 bits per heavy atom. The molecule has 0 amide bonds. The Morgan fingerprint density at radius 3 is 1.40 bits per heavy atom. The van der Waals surface area contributed by atoms with Crippen LogP contribution >= 0.6 is 0 Å². The van der Waals surface area contributed by atoms with Gasteiger partial charge in [0, 0.05) is 11.8 Å². The van der Waals surface area contributed by atoms with Crippen LogP contribution in [0.15, 0.2) is 108 Å². The van der Waals surface area contributed by atoms with Gasteiger partial charge in [-0.2, -0.15) is 26.3 Å². The summed E-state index contributed by atoms with van der Waals surface area (Å²) in [5.74, 6) is -1.06. The number of alkyl halides is 6. The van der Waals surface area contributed by atoms with Gasteiger partial charge in [0.05, 0.1) is 11.1 Å². The maximum Gasteiger partial charge on any atom is 0.416 e. The Balaban J connectivity index is 1.64. The molecule has 0 N–H and O–H groups in total. The highest BCUT2D eigenvalue weighted by Gasteiger charge is 2.38. The lowest BCUT2D eigenvalue weighted by Gasteiger charge is -2.27. The fraction of sp³-hybridized carbons (Fsp3) is 0.317. The zero-order valence-corrected chi connectivity index (χ0v) is 27.4. The molecule has 0 unspecified atom stereocenters. The summed E-state index contributed by atoms with van der Waals surface area (Å²) in [4.78, 5) is 0. The van der Waals surface area contributed by atoms with E-state index in [0.717, 1.165) is 68.8 Å². The minimum atomic E-state index is -4.60. The van der Waals surface area contributed by atoms with Crippen molar-refractivity contribution in [3.63, 3.8) is 0 Å². The molecule has 0 heterocycles. The molecule has 0 bridgehead atoms. The third-order valence-electron chi connectivity index (χ3n) is 9.51. The van der Waals surface area contributed by atoms with Crippen molar-refractivity contribution in [3.05, 3.63) is 153 Å². The number of hydrogen-bond acceptors (Lipinski definition) is 0. The van der Waals surface area contributed by atoms with Crippen LogP contribution in [0.25, 0.3) is 11.1 Å². The zero-order valence-electron chi connectivity index (χ0n) is 27.4. The lowest BCUT2D eigenvalue weighted by Crippen LogP contribution is -2.14. The van der Waals surface area contributed by atoms with Gasteiger partial charge in [0.2, 0.25) is 0 Å². The smallest absolute Gasteiger partial charge is 0.166 e. The first-order chi connectivity index (χ1) is 21.8. The van der Waals surface area contributed by atoms with E-state index in [2.05, 4.69) is 77.9 Å². The van der Waals surface area contributed by atoms with Gasteiger partial charge in [-0.3, -0.25) is 0 Å². The Hall–Kier alpha value is -4.06. The predicted molar refractivity (Wildman–Crippen MR) is 177 cm³/mol. The Morgan fingerprint density at radius 1 is 0.553 bits per heavy atom. The Labute approximate surface area is 272 Å². The first kappa shape index (κ1) is 32.9. The van der Waals surface area contributed by atoms with E-state index in [4.69, 9.17) is 0 Å². The SMILES string of the molecule is CC(C)(C)c1ccc2c(c1)C(C1=C(C(c3cccc(C(F)(F)F)c3)c3cccc(C(F)(F)F)c3)CC=C1)c1cc(C(C)(C)C)ccc1-2. The first-order valence-electron chi connectivity index (χ1n) is 15.9. The summed E-state index contributed by atoms with van der Waals surface area (Å²) in [7, 11) is 0. The van der Waals surface area contributed by atoms with Crippen LogP contribution in [0.2, 0.25) is 0 Å². The summed E-state index contributed by atoms with van der Waals surface area (Å²) in [6, 6.07) is 23.1. The van der Waals surface area contributed by atoms with Crippen LogP contribution in [0.3, 0.4) is 0 Å². The van der Waals surface area contributed by atoms with Gasteiger partial charge in [-0.25, -0.2) is 0 Å². The summed E-state index contributed by atoms with van der Waals surface area (Å²) < 4.78 is 83.9. The molecule has 47 heavy (non-hydrogen) atoms. The molecule has 0 spiro atoms. The van der Waals surface area contributed by atoms with Crippen LogP contribution in [0.1, 0.15) is 104 Å². The molecule has 0 radical (unpaired) electrons. The molecule has 6 heteroatoms. The molecule has 0 aliphatic heterocycles. The Bertz CT molecular complexity index is 1780. The molecule has 0 atom stereocenters. The van der Waals surface area contributed by atoms with E-state index in [1.807, 2.05) is 12.2 Å². The first-order valence-corrected chi connectivity index (χ1v) is 15.9. The highest BCUT2D eigenvalue weighted by molar-refractivity contribution is 5.82. The molecule has 0 saturated heterocycles. The van der Waals surface area contributed by atoms with Crippen LogP contribution < -0.4 is 0 Å². The highest BCUT2D eigenvalue weighted by atomic mass is 19.4. The van der Waals surface area contributed by atoms with Crippen molar-refractivity contribution >= 4 is 0 Å². The largest absolute Gasteiger partial charge is 0.416 e. The van der Waals surface area contributed by atoms with Crippen LogP contribution in [0.4, 0.5) is 26.3 Å². The molecule has 4 aromatic rings. The molecular formula is C41H38F6. The van der Waals surface area contributed by atoms with Gasteiger partial charge >= 0.3 is 12.4 Å². The van der Waals surface area contributed by atoms with Gasteiger partial charge in [0.25, 0.3) is 0 Å². The van der Waals surface area contributed by atoms with Crippen LogP contribution in [-0.2, 0) is 23.2 Å². The monoisotopic (exact) mass is 644 g/mol. The van der Waals surface area contributed by atoms with Crippen LogP contribution in [0, 0.1) is 0 Å². The maximum atomic E-state index is 14.0. The second-order valence-electron chi connectivity index (χ2n) is 14.8. The van der Waals surface area contributed by atoms with Crippen LogP contribution in [-0.4, -0.2) is 0 Å². The molecule has 2 aliphatic rings. The van der Waals surface area contributed by atoms with Gasteiger partial charge in [-0.1, -0.05) is 132 Å². The molecule has 6 rings (SSSR count). The number of allylic oxidation sites excluding steroid dienone is 4. The Kier molecular flexibility index (Phi) is 7.89. The molecule has 0 fully saturated rings. The average molecular weight is 645 g/mol. The summed E-state index contributed by atoms with van der Waals surface area (Å²) in [6.45, 7) is 12.9. The number of fused-ring (bicyclic) bond motifs is 3. The molecule has 2 aliphatic carbocycles. The number of benzene rings is 4.